The van der Waals surface area contributed by atoms with Crippen LogP contribution >= 0.6 is 0 Å². The third-order valence-corrected chi connectivity index (χ3v) is 3.92. The smallest absolute Gasteiger partial charge is 0.218 e. The molecular weight excluding hydrogens is 380 g/mol. The number of hydrogen-bond donors (Lipinski definition) is 0. The summed E-state index contributed by atoms with van der Waals surface area (Å²) in [5.41, 5.74) is 1.37. The van der Waals surface area contributed by atoms with Crippen LogP contribution in [0.25, 0.3) is 11.0 Å². The Balaban J connectivity index is 0.00000243. The zero-order chi connectivity index (χ0) is 18.5. The molecule has 0 fully saturated rings. The van der Waals surface area contributed by atoms with Crippen molar-refractivity contribution in [2.75, 3.05) is 0 Å². The minimum absolute atomic E-state index is 0. The minimum atomic E-state index is -2.18. The molecule has 3 heterocycles. The fourth-order valence-electron chi connectivity index (χ4n) is 2.27. The van der Waals surface area contributed by atoms with Gasteiger partial charge in [-0.2, -0.15) is 0 Å². The Labute approximate surface area is 163 Å². The Morgan fingerprint density at radius 2 is 1.54 bits per heavy atom. The molecule has 0 aliphatic carbocycles. The molecule has 0 N–H and O–H groups in total. The number of rotatable bonds is 2. The van der Waals surface area contributed by atoms with Crippen molar-refractivity contribution in [1.29, 1.82) is 0 Å². The van der Waals surface area contributed by atoms with Crippen molar-refractivity contribution in [1.82, 2.24) is 9.97 Å². The molecule has 26 heavy (non-hydrogen) atoms. The molecule has 0 bridgehead atoms. The van der Waals surface area contributed by atoms with Gasteiger partial charge in [0.1, 0.15) is 18.3 Å². The molecule has 1 aliphatic heterocycles. The molecule has 0 aromatic carbocycles. The van der Waals surface area contributed by atoms with Gasteiger partial charge in [-0.3, -0.25) is 0 Å². The molecular formula is C19H23CoFN3O2-. The zero-order valence-corrected chi connectivity index (χ0v) is 16.8. The van der Waals surface area contributed by atoms with Gasteiger partial charge < -0.3 is 14.2 Å². The van der Waals surface area contributed by atoms with E-state index in [0.717, 1.165) is 5.69 Å². The zero-order valence-electron chi connectivity index (χ0n) is 15.8. The van der Waals surface area contributed by atoms with Gasteiger partial charge >= 0.3 is 0 Å². The van der Waals surface area contributed by atoms with E-state index in [2.05, 4.69) is 15.3 Å². The maximum absolute atomic E-state index is 15.4. The molecule has 7 heteroatoms. The van der Waals surface area contributed by atoms with Gasteiger partial charge in [0.2, 0.25) is 11.8 Å². The Morgan fingerprint density at radius 3 is 2.08 bits per heavy atom. The van der Waals surface area contributed by atoms with Crippen LogP contribution < -0.4 is 0 Å². The second-order valence-corrected chi connectivity index (χ2v) is 8.27. The molecule has 2 aromatic heterocycles. The molecule has 0 saturated heterocycles. The molecule has 1 atom stereocenters. The fourth-order valence-corrected chi connectivity index (χ4v) is 2.27. The maximum atomic E-state index is 15.4. The van der Waals surface area contributed by atoms with Crippen LogP contribution in [0.1, 0.15) is 64.7 Å². The molecule has 0 saturated carbocycles. The van der Waals surface area contributed by atoms with Crippen molar-refractivity contribution >= 4 is 5.70 Å². The molecule has 5 nitrogen and oxygen atoms in total. The molecule has 143 valence electrons. The third kappa shape index (κ3) is 3.93. The van der Waals surface area contributed by atoms with E-state index in [0.29, 0.717) is 11.4 Å². The quantitative estimate of drug-likeness (QED) is 0.633. The van der Waals surface area contributed by atoms with Crippen molar-refractivity contribution in [3.8, 4) is 0 Å². The number of allylic oxidation sites excluding steroid dienone is 2. The first kappa shape index (κ1) is 20.4. The maximum Gasteiger partial charge on any atom is 0.218 e. The summed E-state index contributed by atoms with van der Waals surface area (Å²) >= 11 is 0. The van der Waals surface area contributed by atoms with Gasteiger partial charge in [0.05, 0.1) is 11.4 Å². The third-order valence-electron chi connectivity index (χ3n) is 3.92. The van der Waals surface area contributed by atoms with E-state index in [9.17, 15) is 0 Å². The van der Waals surface area contributed by atoms with Gasteiger partial charge in [-0.1, -0.05) is 65.5 Å². The van der Waals surface area contributed by atoms with Crippen LogP contribution in [0.5, 0.6) is 0 Å². The monoisotopic (exact) mass is 403 g/mol. The normalized spacial score (nSPS) is 20.3. The Morgan fingerprint density at radius 1 is 0.962 bits per heavy atom. The van der Waals surface area contributed by atoms with Crippen LogP contribution in [0.15, 0.2) is 39.6 Å². The minimum Gasteiger partial charge on any atom is -0.637 e. The molecule has 0 amide bonds. The predicted octanol–water partition coefficient (Wildman–Crippen LogP) is 5.36. The van der Waals surface area contributed by atoms with Crippen LogP contribution in [0.2, 0.25) is 0 Å². The van der Waals surface area contributed by atoms with Crippen molar-refractivity contribution in [3.63, 3.8) is 0 Å². The number of oxazole rings is 2. The van der Waals surface area contributed by atoms with Crippen molar-refractivity contribution in [2.24, 2.45) is 0 Å². The van der Waals surface area contributed by atoms with Crippen LogP contribution in [0.3, 0.4) is 0 Å². The van der Waals surface area contributed by atoms with Crippen molar-refractivity contribution < 1.29 is 30.0 Å². The van der Waals surface area contributed by atoms with Gasteiger partial charge in [-0.25, -0.2) is 14.4 Å². The van der Waals surface area contributed by atoms with Crippen molar-refractivity contribution in [2.45, 2.75) is 58.2 Å². The molecule has 0 unspecified atom stereocenters. The first-order valence-electron chi connectivity index (χ1n) is 8.23. The molecule has 2 aromatic rings. The van der Waals surface area contributed by atoms with E-state index < -0.39 is 5.79 Å². The Hall–Kier alpha value is -1.86. The van der Waals surface area contributed by atoms with Crippen molar-refractivity contribution in [3.05, 3.63) is 59.2 Å². The summed E-state index contributed by atoms with van der Waals surface area (Å²) in [7, 11) is 0. The van der Waals surface area contributed by atoms with Crippen LogP contribution in [-0.4, -0.2) is 9.97 Å². The SMILES string of the molecule is CC(C)(C)c1coc(C2=CC=C[C@@](F)(c3nc(C(C)(C)C)co3)[N-]2)n1.[Co]. The summed E-state index contributed by atoms with van der Waals surface area (Å²) < 4.78 is 26.2. The summed E-state index contributed by atoms with van der Waals surface area (Å²) in [6, 6.07) is 0. The average Bonchev–Trinajstić information content (AvgIpc) is 3.16. The summed E-state index contributed by atoms with van der Waals surface area (Å²) in [5, 5.41) is 4.14. The summed E-state index contributed by atoms with van der Waals surface area (Å²) in [4.78, 5) is 8.71. The van der Waals surface area contributed by atoms with Crippen LogP contribution in [0.4, 0.5) is 4.39 Å². The molecule has 0 spiro atoms. The summed E-state index contributed by atoms with van der Waals surface area (Å²) in [5.74, 6) is -2.00. The topological polar surface area (TPSA) is 66.2 Å². The van der Waals surface area contributed by atoms with Gasteiger partial charge in [-0.15, -0.1) is 0 Å². The van der Waals surface area contributed by atoms with E-state index in [-0.39, 0.29) is 39.4 Å². The molecule has 1 aliphatic rings. The number of halogens is 1. The van der Waals surface area contributed by atoms with E-state index in [1.807, 2.05) is 41.5 Å². The van der Waals surface area contributed by atoms with Gasteiger partial charge in [-0.05, 0) is 0 Å². The first-order chi connectivity index (χ1) is 11.5. The van der Waals surface area contributed by atoms with E-state index >= 15 is 4.39 Å². The van der Waals surface area contributed by atoms with Gasteiger partial charge in [0.15, 0.2) is 0 Å². The second-order valence-electron chi connectivity index (χ2n) is 8.27. The van der Waals surface area contributed by atoms with Gasteiger partial charge in [0.25, 0.3) is 0 Å². The Bertz CT molecular complexity index is 840. The van der Waals surface area contributed by atoms with Crippen LogP contribution in [-0.2, 0) is 33.4 Å². The van der Waals surface area contributed by atoms with Crippen LogP contribution in [0, 0.1) is 0 Å². The van der Waals surface area contributed by atoms with E-state index in [1.165, 1.54) is 12.3 Å². The van der Waals surface area contributed by atoms with Gasteiger partial charge in [0, 0.05) is 27.6 Å². The number of hydrogen-bond acceptors (Lipinski definition) is 4. The first-order valence-corrected chi connectivity index (χ1v) is 8.23. The average molecular weight is 403 g/mol. The fraction of sp³-hybridized carbons (Fsp3) is 0.474. The second kappa shape index (κ2) is 6.70. The predicted molar refractivity (Wildman–Crippen MR) is 93.7 cm³/mol. The van der Waals surface area contributed by atoms with E-state index in [4.69, 9.17) is 8.83 Å². The number of nitrogens with zero attached hydrogens (tertiary/aromatic N) is 3. The summed E-state index contributed by atoms with van der Waals surface area (Å²) in [6.45, 7) is 12.0. The molecule has 3 rings (SSSR count). The van der Waals surface area contributed by atoms with E-state index in [1.54, 1.807) is 18.4 Å². The molecule has 1 radical (unpaired) electrons. The standard InChI is InChI=1S/C19H23FN3O2.Co/c1-17(2,3)13-10-24-15(21-13)12-8-7-9-19(20,23-12)16-22-14(11-25-16)18(4,5)6;/h7-11H,1-6H3;/q-1;/t19-;/m0./s1. The number of aromatic nitrogens is 2. The Kier molecular flexibility index (Phi) is 5.27. The largest absolute Gasteiger partial charge is 0.637 e. The summed E-state index contributed by atoms with van der Waals surface area (Å²) in [6.07, 6.45) is 7.59. The number of alkyl halides is 1.